The standard InChI is InChI=1S/C16H18N2O2S/c19-9-12(20)10-21-16-13-7-4-8-14(13)17-15(18-16)11-5-2-1-3-6-11/h1-3,5-6,12,19-20H,4,7-10H2/t12-/m0/s1. The highest BCUT2D eigenvalue weighted by Crippen LogP contribution is 2.32. The second-order valence-electron chi connectivity index (χ2n) is 5.14. The van der Waals surface area contributed by atoms with Crippen molar-refractivity contribution in [3.05, 3.63) is 41.6 Å². The minimum absolute atomic E-state index is 0.216. The predicted molar refractivity (Wildman–Crippen MR) is 83.3 cm³/mol. The molecule has 0 aliphatic heterocycles. The normalized spacial score (nSPS) is 15.0. The molecule has 0 radical (unpaired) electrons. The molecule has 110 valence electrons. The van der Waals surface area contributed by atoms with Crippen molar-refractivity contribution in [2.75, 3.05) is 12.4 Å². The maximum Gasteiger partial charge on any atom is 0.160 e. The van der Waals surface area contributed by atoms with Gasteiger partial charge in [0, 0.05) is 22.6 Å². The van der Waals surface area contributed by atoms with Crippen molar-refractivity contribution in [1.29, 1.82) is 0 Å². The maximum absolute atomic E-state index is 9.54. The zero-order valence-electron chi connectivity index (χ0n) is 11.7. The molecule has 1 atom stereocenters. The Morgan fingerprint density at radius 3 is 2.71 bits per heavy atom. The van der Waals surface area contributed by atoms with Crippen molar-refractivity contribution >= 4 is 11.8 Å². The van der Waals surface area contributed by atoms with Crippen LogP contribution in [0.4, 0.5) is 0 Å². The van der Waals surface area contributed by atoms with Gasteiger partial charge in [0.1, 0.15) is 5.03 Å². The van der Waals surface area contributed by atoms with Crippen LogP contribution in [0.3, 0.4) is 0 Å². The van der Waals surface area contributed by atoms with E-state index in [9.17, 15) is 5.11 Å². The lowest BCUT2D eigenvalue weighted by molar-refractivity contribution is 0.113. The van der Waals surface area contributed by atoms with Gasteiger partial charge in [0.15, 0.2) is 5.82 Å². The number of aromatic nitrogens is 2. The molecule has 1 aromatic carbocycles. The molecule has 2 N–H and O–H groups in total. The summed E-state index contributed by atoms with van der Waals surface area (Å²) < 4.78 is 0. The van der Waals surface area contributed by atoms with Gasteiger partial charge >= 0.3 is 0 Å². The van der Waals surface area contributed by atoms with Crippen LogP contribution in [0.15, 0.2) is 35.4 Å². The van der Waals surface area contributed by atoms with Crippen LogP contribution in [0, 0.1) is 0 Å². The molecule has 0 saturated carbocycles. The summed E-state index contributed by atoms with van der Waals surface area (Å²) >= 11 is 1.51. The minimum Gasteiger partial charge on any atom is -0.394 e. The van der Waals surface area contributed by atoms with Crippen LogP contribution in [-0.2, 0) is 12.8 Å². The Kier molecular flexibility index (Phi) is 4.53. The molecule has 1 aliphatic rings. The van der Waals surface area contributed by atoms with E-state index >= 15 is 0 Å². The topological polar surface area (TPSA) is 66.2 Å². The smallest absolute Gasteiger partial charge is 0.160 e. The molecule has 4 nitrogen and oxygen atoms in total. The van der Waals surface area contributed by atoms with Crippen molar-refractivity contribution in [1.82, 2.24) is 9.97 Å². The number of nitrogens with zero attached hydrogens (tertiary/aromatic N) is 2. The largest absolute Gasteiger partial charge is 0.394 e. The molecule has 3 rings (SSSR count). The molecule has 1 aliphatic carbocycles. The summed E-state index contributed by atoms with van der Waals surface area (Å²) in [6, 6.07) is 9.95. The quantitative estimate of drug-likeness (QED) is 0.654. The van der Waals surface area contributed by atoms with Gasteiger partial charge < -0.3 is 10.2 Å². The van der Waals surface area contributed by atoms with Gasteiger partial charge in [-0.1, -0.05) is 30.3 Å². The summed E-state index contributed by atoms with van der Waals surface area (Å²) in [5.74, 6) is 1.20. The minimum atomic E-state index is -0.706. The Morgan fingerprint density at radius 2 is 1.95 bits per heavy atom. The number of thioether (sulfide) groups is 1. The highest BCUT2D eigenvalue weighted by atomic mass is 32.2. The Morgan fingerprint density at radius 1 is 1.14 bits per heavy atom. The number of hydrogen-bond acceptors (Lipinski definition) is 5. The van der Waals surface area contributed by atoms with Gasteiger partial charge in [-0.3, -0.25) is 0 Å². The second kappa shape index (κ2) is 6.56. The summed E-state index contributed by atoms with van der Waals surface area (Å²) in [6.07, 6.45) is 2.40. The van der Waals surface area contributed by atoms with E-state index in [0.717, 1.165) is 41.4 Å². The van der Waals surface area contributed by atoms with E-state index in [1.165, 1.54) is 17.3 Å². The predicted octanol–water partition coefficient (Wildman–Crippen LogP) is 2.08. The van der Waals surface area contributed by atoms with E-state index in [1.54, 1.807) is 0 Å². The average molecular weight is 302 g/mol. The van der Waals surface area contributed by atoms with Gasteiger partial charge in [-0.05, 0) is 19.3 Å². The molecule has 21 heavy (non-hydrogen) atoms. The van der Waals surface area contributed by atoms with Crippen molar-refractivity contribution in [2.45, 2.75) is 30.4 Å². The molecule has 0 amide bonds. The summed E-state index contributed by atoms with van der Waals surface area (Å²) in [5.41, 5.74) is 3.35. The van der Waals surface area contributed by atoms with Gasteiger partial charge in [0.25, 0.3) is 0 Å². The first-order chi connectivity index (χ1) is 10.3. The zero-order chi connectivity index (χ0) is 14.7. The van der Waals surface area contributed by atoms with Crippen molar-refractivity contribution in [2.24, 2.45) is 0 Å². The Labute approximate surface area is 128 Å². The average Bonchev–Trinajstić information content (AvgIpc) is 3.01. The van der Waals surface area contributed by atoms with Crippen LogP contribution in [0.1, 0.15) is 17.7 Å². The fourth-order valence-electron chi connectivity index (χ4n) is 2.46. The lowest BCUT2D eigenvalue weighted by atomic mass is 10.2. The summed E-state index contributed by atoms with van der Waals surface area (Å²) in [6.45, 7) is -0.216. The third-order valence-corrected chi connectivity index (χ3v) is 4.71. The van der Waals surface area contributed by atoms with E-state index in [0.29, 0.717) is 5.75 Å². The fourth-order valence-corrected chi connectivity index (χ4v) is 3.46. The summed E-state index contributed by atoms with van der Waals surface area (Å²) in [4.78, 5) is 9.38. The van der Waals surface area contributed by atoms with E-state index in [4.69, 9.17) is 10.1 Å². The van der Waals surface area contributed by atoms with Gasteiger partial charge in [0.2, 0.25) is 0 Å². The third-order valence-electron chi connectivity index (χ3n) is 3.55. The Bertz CT molecular complexity index is 619. The van der Waals surface area contributed by atoms with Gasteiger partial charge in [-0.25, -0.2) is 9.97 Å². The van der Waals surface area contributed by atoms with Gasteiger partial charge in [-0.2, -0.15) is 0 Å². The maximum atomic E-state index is 9.54. The van der Waals surface area contributed by atoms with Crippen molar-refractivity contribution in [3.8, 4) is 11.4 Å². The van der Waals surface area contributed by atoms with Crippen LogP contribution in [0.25, 0.3) is 11.4 Å². The molecular weight excluding hydrogens is 284 g/mol. The molecule has 1 aromatic heterocycles. The fraction of sp³-hybridized carbons (Fsp3) is 0.375. The first-order valence-electron chi connectivity index (χ1n) is 7.15. The van der Waals surface area contributed by atoms with E-state index in [2.05, 4.69) is 4.98 Å². The number of aliphatic hydroxyl groups excluding tert-OH is 2. The monoisotopic (exact) mass is 302 g/mol. The van der Waals surface area contributed by atoms with E-state index in [1.807, 2.05) is 30.3 Å². The molecule has 0 saturated heterocycles. The summed E-state index contributed by atoms with van der Waals surface area (Å²) in [7, 11) is 0. The van der Waals surface area contributed by atoms with Crippen molar-refractivity contribution in [3.63, 3.8) is 0 Å². The number of hydrogen-bond donors (Lipinski definition) is 2. The van der Waals surface area contributed by atoms with Gasteiger partial charge in [-0.15, -0.1) is 11.8 Å². The molecular formula is C16H18N2O2S. The first-order valence-corrected chi connectivity index (χ1v) is 8.13. The molecule has 1 heterocycles. The Hall–Kier alpha value is -1.43. The highest BCUT2D eigenvalue weighted by Gasteiger charge is 2.20. The molecule has 2 aromatic rings. The highest BCUT2D eigenvalue weighted by molar-refractivity contribution is 7.99. The van der Waals surface area contributed by atoms with E-state index < -0.39 is 6.10 Å². The number of aryl methyl sites for hydroxylation is 1. The number of rotatable bonds is 5. The van der Waals surface area contributed by atoms with Crippen LogP contribution in [-0.4, -0.2) is 38.6 Å². The lowest BCUT2D eigenvalue weighted by Crippen LogP contribution is -2.15. The number of fused-ring (bicyclic) bond motifs is 1. The van der Waals surface area contributed by atoms with Crippen molar-refractivity contribution < 1.29 is 10.2 Å². The zero-order valence-corrected chi connectivity index (χ0v) is 12.5. The molecule has 0 fully saturated rings. The SMILES string of the molecule is OC[C@H](O)CSc1nc(-c2ccccc2)nc2c1CCC2. The summed E-state index contributed by atoms with van der Waals surface area (Å²) in [5, 5.41) is 19.4. The van der Waals surface area contributed by atoms with Gasteiger partial charge in [0.05, 0.1) is 12.7 Å². The molecule has 0 spiro atoms. The first kappa shape index (κ1) is 14.5. The Balaban J connectivity index is 1.93. The number of aliphatic hydroxyl groups is 2. The van der Waals surface area contributed by atoms with Crippen LogP contribution >= 0.6 is 11.8 Å². The van der Waals surface area contributed by atoms with E-state index in [-0.39, 0.29) is 6.61 Å². The second-order valence-corrected chi connectivity index (χ2v) is 6.15. The van der Waals surface area contributed by atoms with Crippen LogP contribution < -0.4 is 0 Å². The molecule has 5 heteroatoms. The molecule has 0 unspecified atom stereocenters. The van der Waals surface area contributed by atoms with Crippen LogP contribution in [0.5, 0.6) is 0 Å². The molecule has 0 bridgehead atoms. The third kappa shape index (κ3) is 3.26. The lowest BCUT2D eigenvalue weighted by Gasteiger charge is -2.11. The number of benzene rings is 1. The van der Waals surface area contributed by atoms with Crippen LogP contribution in [0.2, 0.25) is 0 Å².